The van der Waals surface area contributed by atoms with Crippen molar-refractivity contribution < 1.29 is 43.2 Å². The summed E-state index contributed by atoms with van der Waals surface area (Å²) in [6, 6.07) is 13.2. The molecule has 2 saturated heterocycles. The summed E-state index contributed by atoms with van der Waals surface area (Å²) in [7, 11) is 1.98. The lowest BCUT2D eigenvalue weighted by atomic mass is 10.0. The third-order valence-electron chi connectivity index (χ3n) is 12.8. The molecule has 5 aromatic rings. The SMILES string of the molecule is C[C@H]1NC(=O)[C@@H](N2C(=O)N[C@@H](Cc3ccccc3)C2=O)CSSC[C@@H](C(N)=O)NC(=O)[C@H](Cc2c[nH]c3ccccc23)NC(=O)[C@H](CCCNC(=N)N)NC(=O)[C@@H](Cc2ccccc2)NC(=O)[C@H](Cc2cnc[nH]2)NC1=O. The van der Waals surface area contributed by atoms with E-state index in [9.17, 15) is 43.2 Å². The number of guanidine groups is 1. The fourth-order valence-corrected chi connectivity index (χ4v) is 11.1. The van der Waals surface area contributed by atoms with Gasteiger partial charge in [-0.15, -0.1) is 0 Å². The highest BCUT2D eigenvalue weighted by atomic mass is 33.1. The van der Waals surface area contributed by atoms with Crippen LogP contribution < -0.4 is 54.0 Å². The molecule has 0 saturated carbocycles. The number of urea groups is 1. The van der Waals surface area contributed by atoms with Gasteiger partial charge in [-0.25, -0.2) is 14.7 Å². The van der Waals surface area contributed by atoms with E-state index in [1.54, 1.807) is 72.9 Å². The smallest absolute Gasteiger partial charge is 0.325 e. The van der Waals surface area contributed by atoms with Gasteiger partial charge < -0.3 is 64.0 Å². The highest BCUT2D eigenvalue weighted by Crippen LogP contribution is 2.27. The number of amides is 10. The highest BCUT2D eigenvalue weighted by Gasteiger charge is 2.45. The lowest BCUT2D eigenvalue weighted by molar-refractivity contribution is -0.137. The zero-order valence-electron chi connectivity index (χ0n) is 41.8. The minimum atomic E-state index is -1.53. The number of nitrogens with two attached hydrogens (primary N) is 2. The van der Waals surface area contributed by atoms with Gasteiger partial charge in [0.2, 0.25) is 41.4 Å². The number of nitrogens with one attached hydrogen (secondary N) is 11. The largest absolute Gasteiger partial charge is 0.370 e. The number of hydrogen-bond donors (Lipinski definition) is 13. The first-order chi connectivity index (χ1) is 37.0. The number of carbonyl (C=O) groups excluding carboxylic acids is 9. The normalized spacial score (nSPS) is 23.6. The first-order valence-corrected chi connectivity index (χ1v) is 27.2. The molecule has 2 aromatic heterocycles. The first kappa shape index (κ1) is 56.3. The average Bonchev–Trinajstić information content (AvgIpc) is 4.15. The molecule has 0 radical (unpaired) electrons. The number of carbonyl (C=O) groups is 9. The molecule has 26 heteroatoms. The van der Waals surface area contributed by atoms with Gasteiger partial charge in [0.15, 0.2) is 5.96 Å². The molecule has 8 atom stereocenters. The minimum absolute atomic E-state index is 0.0511. The van der Waals surface area contributed by atoms with Crippen molar-refractivity contribution >= 4 is 91.7 Å². The van der Waals surface area contributed by atoms with E-state index in [-0.39, 0.29) is 62.5 Å². The van der Waals surface area contributed by atoms with Crippen LogP contribution in [0.3, 0.4) is 0 Å². The molecule has 2 aliphatic rings. The zero-order chi connectivity index (χ0) is 55.0. The number of aromatic nitrogens is 3. The Morgan fingerprint density at radius 1 is 0.649 bits per heavy atom. The molecule has 0 spiro atoms. The van der Waals surface area contributed by atoms with E-state index in [0.717, 1.165) is 43.0 Å². The van der Waals surface area contributed by atoms with Crippen LogP contribution >= 0.6 is 21.6 Å². The summed E-state index contributed by atoms with van der Waals surface area (Å²) in [5.74, 6) is -7.44. The number of fused-ring (bicyclic) bond motifs is 1. The second-order valence-corrected chi connectivity index (χ2v) is 21.0. The van der Waals surface area contributed by atoms with Crippen LogP contribution in [-0.2, 0) is 64.0 Å². The van der Waals surface area contributed by atoms with E-state index >= 15 is 0 Å². The number of primary amides is 1. The summed E-state index contributed by atoms with van der Waals surface area (Å²) in [5.41, 5.74) is 14.5. The van der Waals surface area contributed by atoms with E-state index in [4.69, 9.17) is 16.9 Å². The van der Waals surface area contributed by atoms with Crippen LogP contribution in [-0.4, -0.2) is 145 Å². The highest BCUT2D eigenvalue weighted by molar-refractivity contribution is 8.76. The summed E-state index contributed by atoms with van der Waals surface area (Å²) in [5, 5.41) is 29.9. The van der Waals surface area contributed by atoms with Gasteiger partial charge in [0, 0.05) is 72.7 Å². The maximum absolute atomic E-state index is 14.7. The third kappa shape index (κ3) is 15.6. The van der Waals surface area contributed by atoms with Gasteiger partial charge in [-0.1, -0.05) is 100 Å². The summed E-state index contributed by atoms with van der Waals surface area (Å²) >= 11 is 0. The average molecular weight is 1090 g/mol. The van der Waals surface area contributed by atoms with Crippen molar-refractivity contribution in [1.82, 2.24) is 62.4 Å². The number of hydrogen-bond acceptors (Lipinski definition) is 13. The number of benzene rings is 3. The Morgan fingerprint density at radius 2 is 1.22 bits per heavy atom. The quantitative estimate of drug-likeness (QED) is 0.0220. The standard InChI is InChI=1S/C51H61N15O9S2/c1-28-43(68)61-38(22-32-24-55-27-58-32)47(72)62-36(19-29-11-4-2-5-12-29)45(70)60-35(17-10-18-56-50(53)54)44(69)63-37(21-31-23-57-34-16-9-8-15-33(31)34)46(71)64-40(42(52)67)25-76-77-26-41(48(73)59-28)66-49(74)39(65-51(66)75)20-30-13-6-3-7-14-30/h2-9,11-16,23-24,27-28,35-41,57H,10,17-22,25-26H2,1H3,(H2,52,67)(H,55,58)(H,59,73)(H,60,70)(H,61,68)(H,62,72)(H,63,69)(H,64,71)(H,65,75)(H4,53,54,56)/t28-,35+,36-,37+,38+,39+,40+,41+/m1/s1. The first-order valence-electron chi connectivity index (χ1n) is 24.7. The molecule has 10 amide bonds. The van der Waals surface area contributed by atoms with Crippen LogP contribution in [0.2, 0.25) is 0 Å². The Labute approximate surface area is 450 Å². The number of nitrogens with zero attached hydrogens (tertiary/aromatic N) is 2. The van der Waals surface area contributed by atoms with Gasteiger partial charge in [0.1, 0.15) is 48.3 Å². The zero-order valence-corrected chi connectivity index (χ0v) is 43.5. The Hall–Kier alpha value is -8.39. The fourth-order valence-electron chi connectivity index (χ4n) is 8.70. The van der Waals surface area contributed by atoms with Crippen LogP contribution in [0.25, 0.3) is 10.9 Å². The van der Waals surface area contributed by atoms with E-state index < -0.39 is 102 Å². The van der Waals surface area contributed by atoms with E-state index in [0.29, 0.717) is 16.8 Å². The number of aromatic amines is 2. The van der Waals surface area contributed by atoms with Gasteiger partial charge in [0.05, 0.1) is 6.33 Å². The lowest BCUT2D eigenvalue weighted by Crippen LogP contribution is -2.60. The molecule has 4 heterocycles. The molecule has 0 aliphatic carbocycles. The number of imidazole rings is 1. The van der Waals surface area contributed by atoms with Crippen molar-refractivity contribution in [3.05, 3.63) is 126 Å². The second kappa shape index (κ2) is 26.9. The van der Waals surface area contributed by atoms with Crippen molar-refractivity contribution in [2.24, 2.45) is 11.5 Å². The monoisotopic (exact) mass is 1090 g/mol. The molecular formula is C51H61N15O9S2. The Balaban J connectivity index is 1.24. The molecule has 15 N–H and O–H groups in total. The van der Waals surface area contributed by atoms with Crippen LogP contribution in [0.15, 0.2) is 104 Å². The van der Waals surface area contributed by atoms with E-state index in [1.807, 2.05) is 18.2 Å². The molecule has 0 unspecified atom stereocenters. The number of para-hydroxylation sites is 1. The van der Waals surface area contributed by atoms with Gasteiger partial charge in [-0.05, 0) is 42.5 Å². The van der Waals surface area contributed by atoms with Gasteiger partial charge in [-0.2, -0.15) is 0 Å². The molecule has 7 rings (SSSR count). The van der Waals surface area contributed by atoms with Crippen molar-refractivity contribution in [2.45, 2.75) is 93.8 Å². The van der Waals surface area contributed by atoms with Crippen LogP contribution in [0.4, 0.5) is 4.79 Å². The summed E-state index contributed by atoms with van der Waals surface area (Å²) in [4.78, 5) is 138. The maximum atomic E-state index is 14.7. The molecule has 2 fully saturated rings. The fraction of sp³-hybridized carbons (Fsp3) is 0.353. The minimum Gasteiger partial charge on any atom is -0.370 e. The second-order valence-electron chi connectivity index (χ2n) is 18.4. The van der Waals surface area contributed by atoms with E-state index in [2.05, 4.69) is 57.5 Å². The molecule has 3 aromatic carbocycles. The van der Waals surface area contributed by atoms with Gasteiger partial charge in [0.25, 0.3) is 5.91 Å². The number of rotatable bonds is 14. The maximum Gasteiger partial charge on any atom is 0.325 e. The number of H-pyrrole nitrogens is 2. The van der Waals surface area contributed by atoms with E-state index in [1.165, 1.54) is 19.4 Å². The lowest BCUT2D eigenvalue weighted by Gasteiger charge is -2.28. The van der Waals surface area contributed by atoms with Crippen molar-refractivity contribution in [1.29, 1.82) is 5.41 Å². The summed E-state index contributed by atoms with van der Waals surface area (Å²) < 4.78 is 0. The third-order valence-corrected chi connectivity index (χ3v) is 15.2. The summed E-state index contributed by atoms with van der Waals surface area (Å²) in [6.07, 6.45) is 4.37. The molecule has 24 nitrogen and oxygen atoms in total. The van der Waals surface area contributed by atoms with Crippen LogP contribution in [0, 0.1) is 5.41 Å². The topological polar surface area (TPSA) is 373 Å². The molecule has 77 heavy (non-hydrogen) atoms. The Morgan fingerprint density at radius 3 is 1.87 bits per heavy atom. The molecule has 2 aliphatic heterocycles. The van der Waals surface area contributed by atoms with Crippen LogP contribution in [0.1, 0.15) is 42.1 Å². The van der Waals surface area contributed by atoms with Gasteiger partial charge in [-0.3, -0.25) is 43.8 Å². The van der Waals surface area contributed by atoms with Crippen molar-refractivity contribution in [3.8, 4) is 0 Å². The van der Waals surface area contributed by atoms with Crippen LogP contribution in [0.5, 0.6) is 0 Å². The molecule has 406 valence electrons. The Kier molecular flexibility index (Phi) is 19.7. The predicted molar refractivity (Wildman–Crippen MR) is 288 cm³/mol. The van der Waals surface area contributed by atoms with Crippen molar-refractivity contribution in [3.63, 3.8) is 0 Å². The van der Waals surface area contributed by atoms with Gasteiger partial charge >= 0.3 is 6.03 Å². The summed E-state index contributed by atoms with van der Waals surface area (Å²) in [6.45, 7) is 1.47. The van der Waals surface area contributed by atoms with Crippen molar-refractivity contribution in [2.75, 3.05) is 18.1 Å². The molecule has 0 bridgehead atoms. The predicted octanol–water partition coefficient (Wildman–Crippen LogP) is -0.477. The molecular weight excluding hydrogens is 1030 g/mol. The Bertz CT molecular complexity index is 2930. The number of imide groups is 1.